The maximum absolute atomic E-state index is 6.97. The van der Waals surface area contributed by atoms with Gasteiger partial charge in [-0.2, -0.15) is 0 Å². The maximum Gasteiger partial charge on any atom is 0.195 e. The Morgan fingerprint density at radius 3 is 2.27 bits per heavy atom. The Kier molecular flexibility index (Phi) is 9.16. The Labute approximate surface area is 97.6 Å². The molecule has 0 spiro atoms. The first-order valence-electron chi connectivity index (χ1n) is 4.90. The summed E-state index contributed by atoms with van der Waals surface area (Å²) in [6, 6.07) is 0.210. The monoisotopic (exact) mass is 235 g/mol. The summed E-state index contributed by atoms with van der Waals surface area (Å²) in [5.41, 5.74) is 10.7. The molecule has 6 N–H and O–H groups in total. The molecule has 0 aliphatic carbocycles. The van der Waals surface area contributed by atoms with Gasteiger partial charge >= 0.3 is 0 Å². The van der Waals surface area contributed by atoms with Crippen molar-refractivity contribution in [1.29, 1.82) is 5.41 Å². The van der Waals surface area contributed by atoms with E-state index >= 15 is 0 Å². The van der Waals surface area contributed by atoms with E-state index in [0.717, 1.165) is 12.8 Å². The van der Waals surface area contributed by atoms with Gasteiger partial charge in [0.1, 0.15) is 0 Å². The Hall–Kier alpha value is -0.970. The molecule has 0 saturated carbocycles. The van der Waals surface area contributed by atoms with Gasteiger partial charge in [0.25, 0.3) is 0 Å². The molecule has 90 valence electrons. The van der Waals surface area contributed by atoms with Crippen molar-refractivity contribution in [2.75, 3.05) is 0 Å². The van der Waals surface area contributed by atoms with E-state index in [9.17, 15) is 0 Å². The summed E-state index contributed by atoms with van der Waals surface area (Å²) in [4.78, 5) is 4.24. The van der Waals surface area contributed by atoms with Crippen LogP contribution in [0.3, 0.4) is 0 Å². The van der Waals surface area contributed by atoms with E-state index in [2.05, 4.69) is 31.1 Å². The first kappa shape index (κ1) is 16.5. The van der Waals surface area contributed by atoms with Crippen LogP contribution in [0.25, 0.3) is 0 Å². The Balaban J connectivity index is 0. The van der Waals surface area contributed by atoms with E-state index in [1.54, 1.807) is 0 Å². The van der Waals surface area contributed by atoms with Gasteiger partial charge in [0.15, 0.2) is 11.9 Å². The van der Waals surface area contributed by atoms with Crippen molar-refractivity contribution in [3.8, 4) is 0 Å². The molecule has 6 heteroatoms. The number of hydrogen-bond acceptors (Lipinski definition) is 2. The number of hydrogen-bond donors (Lipinski definition) is 4. The average molecular weight is 236 g/mol. The SMILES string of the molecule is CCC(CC(C)C)N=C(N)NC(=N)N.Cl. The first-order valence-corrected chi connectivity index (χ1v) is 4.90. The molecule has 5 nitrogen and oxygen atoms in total. The molecule has 0 aromatic rings. The van der Waals surface area contributed by atoms with Crippen molar-refractivity contribution in [1.82, 2.24) is 5.32 Å². The lowest BCUT2D eigenvalue weighted by molar-refractivity contribution is 0.487. The molecule has 0 fully saturated rings. The number of guanidine groups is 2. The van der Waals surface area contributed by atoms with Gasteiger partial charge in [-0.3, -0.25) is 10.7 Å². The summed E-state index contributed by atoms with van der Waals surface area (Å²) in [5.74, 6) is 0.643. The number of nitrogens with zero attached hydrogens (tertiary/aromatic N) is 1. The molecule has 0 aromatic carbocycles. The molecular weight excluding hydrogens is 214 g/mol. The van der Waals surface area contributed by atoms with E-state index in [1.807, 2.05) is 0 Å². The lowest BCUT2D eigenvalue weighted by Gasteiger charge is -2.13. The topological polar surface area (TPSA) is 100 Å². The number of nitrogens with two attached hydrogens (primary N) is 2. The van der Waals surface area contributed by atoms with Crippen LogP contribution in [0.5, 0.6) is 0 Å². The predicted molar refractivity (Wildman–Crippen MR) is 67.5 cm³/mol. The van der Waals surface area contributed by atoms with Crippen molar-refractivity contribution in [2.24, 2.45) is 22.4 Å². The van der Waals surface area contributed by atoms with Gasteiger partial charge in [0, 0.05) is 0 Å². The molecule has 15 heavy (non-hydrogen) atoms. The summed E-state index contributed by atoms with van der Waals surface area (Å²) < 4.78 is 0. The molecule has 0 aliphatic heterocycles. The third-order valence-electron chi connectivity index (χ3n) is 1.80. The van der Waals surface area contributed by atoms with Gasteiger partial charge in [0.2, 0.25) is 0 Å². The molecule has 0 saturated heterocycles. The van der Waals surface area contributed by atoms with Gasteiger partial charge in [-0.1, -0.05) is 20.8 Å². The predicted octanol–water partition coefficient (Wildman–Crippen LogP) is 1.03. The quantitative estimate of drug-likeness (QED) is 0.433. The normalized spacial score (nSPS) is 13.2. The molecule has 1 unspecified atom stereocenters. The van der Waals surface area contributed by atoms with Crippen molar-refractivity contribution in [3.63, 3.8) is 0 Å². The van der Waals surface area contributed by atoms with Crippen molar-refractivity contribution in [2.45, 2.75) is 39.7 Å². The molecule has 1 atom stereocenters. The fourth-order valence-electron chi connectivity index (χ4n) is 1.22. The van der Waals surface area contributed by atoms with Crippen molar-refractivity contribution < 1.29 is 0 Å². The first-order chi connectivity index (χ1) is 6.45. The molecular formula is C9H22ClN5. The highest BCUT2D eigenvalue weighted by Gasteiger charge is 2.07. The summed E-state index contributed by atoms with van der Waals surface area (Å²) in [6.07, 6.45) is 1.94. The van der Waals surface area contributed by atoms with Gasteiger partial charge in [-0.05, 0) is 18.8 Å². The van der Waals surface area contributed by atoms with Crippen LogP contribution in [0.1, 0.15) is 33.6 Å². The van der Waals surface area contributed by atoms with E-state index in [0.29, 0.717) is 5.92 Å². The van der Waals surface area contributed by atoms with E-state index in [-0.39, 0.29) is 30.4 Å². The molecule has 0 aliphatic rings. The summed E-state index contributed by atoms with van der Waals surface area (Å²) in [5, 5.41) is 9.44. The molecule has 0 amide bonds. The highest BCUT2D eigenvalue weighted by atomic mass is 35.5. The standard InChI is InChI=1S/C9H21N5.ClH/c1-4-7(5-6(2)3)13-9(12)14-8(10)11;/h6-7H,4-5H2,1-3H3,(H6,10,11,12,13,14);1H. The third-order valence-corrected chi connectivity index (χ3v) is 1.80. The smallest absolute Gasteiger partial charge is 0.195 e. The minimum atomic E-state index is -0.175. The summed E-state index contributed by atoms with van der Waals surface area (Å²) in [6.45, 7) is 6.36. The van der Waals surface area contributed by atoms with E-state index in [4.69, 9.17) is 16.9 Å². The fourth-order valence-corrected chi connectivity index (χ4v) is 1.22. The van der Waals surface area contributed by atoms with Crippen LogP contribution in [-0.2, 0) is 0 Å². The largest absolute Gasteiger partial charge is 0.370 e. The minimum absolute atomic E-state index is 0. The Morgan fingerprint density at radius 2 is 1.93 bits per heavy atom. The van der Waals surface area contributed by atoms with Crippen molar-refractivity contribution in [3.05, 3.63) is 0 Å². The van der Waals surface area contributed by atoms with Crippen LogP contribution in [-0.4, -0.2) is 18.0 Å². The zero-order valence-corrected chi connectivity index (χ0v) is 10.4. The fraction of sp³-hybridized carbons (Fsp3) is 0.778. The highest BCUT2D eigenvalue weighted by molar-refractivity contribution is 5.95. The van der Waals surface area contributed by atoms with Gasteiger partial charge in [-0.25, -0.2) is 4.99 Å². The molecule has 0 radical (unpaired) electrons. The lowest BCUT2D eigenvalue weighted by atomic mass is 10.0. The number of rotatable bonds is 4. The number of aliphatic imine (C=N–C) groups is 1. The molecule has 0 heterocycles. The van der Waals surface area contributed by atoms with Crippen LogP contribution < -0.4 is 16.8 Å². The summed E-state index contributed by atoms with van der Waals surface area (Å²) in [7, 11) is 0. The zero-order chi connectivity index (χ0) is 11.1. The minimum Gasteiger partial charge on any atom is -0.370 e. The maximum atomic E-state index is 6.97. The third kappa shape index (κ3) is 9.34. The van der Waals surface area contributed by atoms with E-state index < -0.39 is 0 Å². The van der Waals surface area contributed by atoms with Crippen molar-refractivity contribution >= 4 is 24.3 Å². The van der Waals surface area contributed by atoms with Crippen LogP contribution in [0.4, 0.5) is 0 Å². The molecule has 0 bridgehead atoms. The van der Waals surface area contributed by atoms with Crippen LogP contribution in [0, 0.1) is 11.3 Å². The van der Waals surface area contributed by atoms with E-state index in [1.165, 1.54) is 0 Å². The molecule has 0 aromatic heterocycles. The van der Waals surface area contributed by atoms with Gasteiger partial charge in [0.05, 0.1) is 6.04 Å². The highest BCUT2D eigenvalue weighted by Crippen LogP contribution is 2.10. The average Bonchev–Trinajstić information content (AvgIpc) is 2.00. The second-order valence-corrected chi connectivity index (χ2v) is 3.74. The van der Waals surface area contributed by atoms with Crippen LogP contribution in [0.15, 0.2) is 4.99 Å². The van der Waals surface area contributed by atoms with Crippen LogP contribution >= 0.6 is 12.4 Å². The summed E-state index contributed by atoms with van der Waals surface area (Å²) >= 11 is 0. The van der Waals surface area contributed by atoms with Crippen LogP contribution in [0.2, 0.25) is 0 Å². The van der Waals surface area contributed by atoms with Gasteiger partial charge < -0.3 is 11.5 Å². The lowest BCUT2D eigenvalue weighted by Crippen LogP contribution is -2.41. The second kappa shape index (κ2) is 8.35. The Morgan fingerprint density at radius 1 is 1.40 bits per heavy atom. The van der Waals surface area contributed by atoms with Gasteiger partial charge in [-0.15, -0.1) is 12.4 Å². The zero-order valence-electron chi connectivity index (χ0n) is 9.58. The second-order valence-electron chi connectivity index (χ2n) is 3.74. The number of halogens is 1. The Bertz CT molecular complexity index is 215. The molecule has 0 rings (SSSR count). The number of nitrogens with one attached hydrogen (secondary N) is 2.